The lowest BCUT2D eigenvalue weighted by Gasteiger charge is -2.34. The van der Waals surface area contributed by atoms with Crippen molar-refractivity contribution in [1.29, 1.82) is 0 Å². The monoisotopic (exact) mass is 474 g/mol. The average molecular weight is 475 g/mol. The summed E-state index contributed by atoms with van der Waals surface area (Å²) in [6.45, 7) is 6.88. The lowest BCUT2D eigenvalue weighted by atomic mass is 9.74. The van der Waals surface area contributed by atoms with Crippen molar-refractivity contribution in [2.24, 2.45) is 17.8 Å². The zero-order valence-electron chi connectivity index (χ0n) is 20.8. The highest BCUT2D eigenvalue weighted by Crippen LogP contribution is 2.39. The first-order valence-electron chi connectivity index (χ1n) is 12.7. The van der Waals surface area contributed by atoms with Crippen LogP contribution in [-0.2, 0) is 25.5 Å². The number of rotatable bonds is 14. The van der Waals surface area contributed by atoms with Crippen LogP contribution in [0.2, 0.25) is 0 Å². The molecule has 0 saturated heterocycles. The molecule has 1 aliphatic rings. The summed E-state index contributed by atoms with van der Waals surface area (Å²) < 4.78 is 10.8. The van der Waals surface area contributed by atoms with Crippen molar-refractivity contribution < 1.29 is 29.3 Å². The highest BCUT2D eigenvalue weighted by atomic mass is 16.5. The van der Waals surface area contributed by atoms with E-state index in [1.165, 1.54) is 30.4 Å². The average Bonchev–Trinajstić information content (AvgIpc) is 2.88. The molecule has 6 heteroatoms. The minimum absolute atomic E-state index is 0.00602. The van der Waals surface area contributed by atoms with E-state index in [1.54, 1.807) is 6.92 Å². The van der Waals surface area contributed by atoms with Crippen molar-refractivity contribution in [2.45, 2.75) is 71.1 Å². The van der Waals surface area contributed by atoms with Crippen LogP contribution in [0.15, 0.2) is 36.4 Å². The molecule has 1 aromatic rings. The van der Waals surface area contributed by atoms with Crippen molar-refractivity contribution in [1.82, 2.24) is 0 Å². The van der Waals surface area contributed by atoms with Crippen LogP contribution in [0.4, 0.5) is 0 Å². The van der Waals surface area contributed by atoms with E-state index in [1.807, 2.05) is 0 Å². The minimum atomic E-state index is -0.629. The molecule has 6 nitrogen and oxygen atoms in total. The summed E-state index contributed by atoms with van der Waals surface area (Å²) in [5.41, 5.74) is 2.78. The van der Waals surface area contributed by atoms with Crippen LogP contribution in [0, 0.1) is 17.8 Å². The van der Waals surface area contributed by atoms with Gasteiger partial charge in [0, 0.05) is 5.92 Å². The fourth-order valence-corrected chi connectivity index (χ4v) is 4.54. The van der Waals surface area contributed by atoms with E-state index in [9.17, 15) is 14.7 Å². The molecule has 1 aliphatic carbocycles. The normalized spacial score (nSPS) is 19.8. The van der Waals surface area contributed by atoms with Gasteiger partial charge in [-0.1, -0.05) is 50.6 Å². The Morgan fingerprint density at radius 3 is 2.26 bits per heavy atom. The molecule has 0 heterocycles. The molecule has 190 valence electrons. The molecule has 2 N–H and O–H groups in total. The van der Waals surface area contributed by atoms with Gasteiger partial charge in [-0.15, -0.1) is 0 Å². The molecule has 0 aromatic heterocycles. The van der Waals surface area contributed by atoms with E-state index in [0.29, 0.717) is 5.92 Å². The van der Waals surface area contributed by atoms with Crippen molar-refractivity contribution in [3.8, 4) is 0 Å². The highest BCUT2D eigenvalue weighted by molar-refractivity contribution is 5.87. The summed E-state index contributed by atoms with van der Waals surface area (Å²) >= 11 is 0. The predicted molar refractivity (Wildman–Crippen MR) is 132 cm³/mol. The Morgan fingerprint density at radius 1 is 1.03 bits per heavy atom. The molecule has 1 fully saturated rings. The van der Waals surface area contributed by atoms with Gasteiger partial charge in [0.05, 0.1) is 37.9 Å². The third-order valence-corrected chi connectivity index (χ3v) is 6.98. The summed E-state index contributed by atoms with van der Waals surface area (Å²) in [6.07, 6.45) is 8.86. The van der Waals surface area contributed by atoms with Gasteiger partial charge >= 0.3 is 11.9 Å². The van der Waals surface area contributed by atoms with Gasteiger partial charge in [0.1, 0.15) is 0 Å². The summed E-state index contributed by atoms with van der Waals surface area (Å²) in [4.78, 5) is 24.0. The summed E-state index contributed by atoms with van der Waals surface area (Å²) in [7, 11) is 0. The molecule has 0 amide bonds. The number of carbonyl (C=O) groups is 2. The molecule has 0 aliphatic heterocycles. The number of esters is 2. The standard InChI is InChI=1S/C28H42O6/c1-4-5-6-7-22-8-10-23(11-9-22)24-12-14-25(15-13-24)26(18-33-27(31)20(2)16-29)19-34-28(32)21(3)17-30/h8-11,21,24-26,29-30H,2,4-7,12-19H2,1,3H3. The predicted octanol–water partition coefficient (Wildman–Crippen LogP) is 4.57. The van der Waals surface area contributed by atoms with Crippen LogP contribution in [0.3, 0.4) is 0 Å². The maximum atomic E-state index is 12.1. The first-order chi connectivity index (χ1) is 16.4. The molecular formula is C28H42O6. The third-order valence-electron chi connectivity index (χ3n) is 6.98. The van der Waals surface area contributed by atoms with E-state index >= 15 is 0 Å². The van der Waals surface area contributed by atoms with E-state index in [0.717, 1.165) is 32.1 Å². The highest BCUT2D eigenvalue weighted by Gasteiger charge is 2.31. The Kier molecular flexibility index (Phi) is 12.3. The molecule has 1 saturated carbocycles. The van der Waals surface area contributed by atoms with Gasteiger partial charge in [0.25, 0.3) is 0 Å². The number of unbranched alkanes of at least 4 members (excludes halogenated alkanes) is 2. The topological polar surface area (TPSA) is 93.1 Å². The van der Waals surface area contributed by atoms with Gasteiger partial charge < -0.3 is 19.7 Å². The molecule has 0 bridgehead atoms. The number of ether oxygens (including phenoxy) is 2. The van der Waals surface area contributed by atoms with Crippen LogP contribution >= 0.6 is 0 Å². The van der Waals surface area contributed by atoms with Crippen molar-refractivity contribution in [2.75, 3.05) is 26.4 Å². The van der Waals surface area contributed by atoms with E-state index in [2.05, 4.69) is 37.8 Å². The lowest BCUT2D eigenvalue weighted by molar-refractivity contribution is -0.153. The van der Waals surface area contributed by atoms with E-state index in [-0.39, 0.29) is 37.2 Å². The van der Waals surface area contributed by atoms with E-state index in [4.69, 9.17) is 14.6 Å². The van der Waals surface area contributed by atoms with Crippen LogP contribution < -0.4 is 0 Å². The van der Waals surface area contributed by atoms with Crippen molar-refractivity contribution in [3.63, 3.8) is 0 Å². The van der Waals surface area contributed by atoms with Gasteiger partial charge in [-0.05, 0) is 68.4 Å². The number of aliphatic hydroxyl groups excluding tert-OH is 2. The molecular weight excluding hydrogens is 432 g/mol. The van der Waals surface area contributed by atoms with Crippen LogP contribution in [-0.4, -0.2) is 48.6 Å². The second kappa shape index (κ2) is 14.9. The second-order valence-electron chi connectivity index (χ2n) is 9.64. The SMILES string of the molecule is C=C(CO)C(=O)OCC(COC(=O)C(C)CO)C1CCC(c2ccc(CCCCC)cc2)CC1. The Labute approximate surface area is 204 Å². The zero-order chi connectivity index (χ0) is 24.9. The van der Waals surface area contributed by atoms with Gasteiger partial charge in [-0.25, -0.2) is 4.79 Å². The lowest BCUT2D eigenvalue weighted by Crippen LogP contribution is -2.32. The Bertz CT molecular complexity index is 764. The quantitative estimate of drug-likeness (QED) is 0.233. The van der Waals surface area contributed by atoms with Crippen molar-refractivity contribution in [3.05, 3.63) is 47.5 Å². The molecule has 0 radical (unpaired) electrons. The van der Waals surface area contributed by atoms with E-state index < -0.39 is 24.5 Å². The number of carbonyl (C=O) groups excluding carboxylic acids is 2. The summed E-state index contributed by atoms with van der Waals surface area (Å²) in [5, 5.41) is 18.3. The van der Waals surface area contributed by atoms with Gasteiger partial charge in [-0.3, -0.25) is 4.79 Å². The molecule has 2 rings (SSSR count). The Balaban J connectivity index is 1.93. The maximum absolute atomic E-state index is 12.1. The number of hydrogen-bond acceptors (Lipinski definition) is 6. The van der Waals surface area contributed by atoms with Crippen LogP contribution in [0.25, 0.3) is 0 Å². The molecule has 34 heavy (non-hydrogen) atoms. The van der Waals surface area contributed by atoms with Crippen molar-refractivity contribution >= 4 is 11.9 Å². The summed E-state index contributed by atoms with van der Waals surface area (Å²) in [6, 6.07) is 9.05. The smallest absolute Gasteiger partial charge is 0.335 e. The first kappa shape index (κ1) is 28.1. The largest absolute Gasteiger partial charge is 0.465 e. The molecule has 0 spiro atoms. The Morgan fingerprint density at radius 2 is 1.68 bits per heavy atom. The van der Waals surface area contributed by atoms with Crippen LogP contribution in [0.1, 0.15) is 75.8 Å². The fourth-order valence-electron chi connectivity index (χ4n) is 4.54. The molecule has 2 unspecified atom stereocenters. The van der Waals surface area contributed by atoms with Gasteiger partial charge in [0.2, 0.25) is 0 Å². The Hall–Kier alpha value is -2.18. The molecule has 2 atom stereocenters. The number of benzene rings is 1. The number of aryl methyl sites for hydroxylation is 1. The fraction of sp³-hybridized carbons (Fsp3) is 0.643. The second-order valence-corrected chi connectivity index (χ2v) is 9.64. The first-order valence-corrected chi connectivity index (χ1v) is 12.7. The minimum Gasteiger partial charge on any atom is -0.465 e. The summed E-state index contributed by atoms with van der Waals surface area (Å²) in [5.74, 6) is -1.03. The van der Waals surface area contributed by atoms with Gasteiger partial charge in [0.15, 0.2) is 0 Å². The zero-order valence-corrected chi connectivity index (χ0v) is 20.8. The molecule has 1 aromatic carbocycles. The number of aliphatic hydroxyl groups is 2. The van der Waals surface area contributed by atoms with Crippen LogP contribution in [0.5, 0.6) is 0 Å². The maximum Gasteiger partial charge on any atom is 0.335 e. The number of hydrogen-bond donors (Lipinski definition) is 2. The van der Waals surface area contributed by atoms with Gasteiger partial charge in [-0.2, -0.15) is 0 Å². The third kappa shape index (κ3) is 8.88.